The summed E-state index contributed by atoms with van der Waals surface area (Å²) in [6.07, 6.45) is -0.574. The van der Waals surface area contributed by atoms with Crippen LogP contribution in [0.1, 0.15) is 5.56 Å². The molecule has 3 aromatic rings. The maximum Gasteiger partial charge on any atom is 0.345 e. The van der Waals surface area contributed by atoms with E-state index in [1.807, 2.05) is 66.7 Å². The Morgan fingerprint density at radius 2 is 1.70 bits per heavy atom. The Morgan fingerprint density at radius 1 is 1.00 bits per heavy atom. The summed E-state index contributed by atoms with van der Waals surface area (Å²) in [6.45, 7) is 0. The molecule has 0 amide bonds. The molecule has 3 rings (SSSR count). The third-order valence-corrected chi connectivity index (χ3v) is 4.33. The summed E-state index contributed by atoms with van der Waals surface area (Å²) in [5.74, 6) is -0.390. The molecule has 1 atom stereocenters. The van der Waals surface area contributed by atoms with Crippen LogP contribution in [0.5, 0.6) is 5.75 Å². The van der Waals surface area contributed by atoms with Gasteiger partial charge in [0.05, 0.1) is 0 Å². The number of hydrogen-bond donors (Lipinski definition) is 1. The van der Waals surface area contributed by atoms with Crippen LogP contribution in [0.25, 0.3) is 10.8 Å². The number of halogens is 1. The highest BCUT2D eigenvalue weighted by molar-refractivity contribution is 14.1. The number of rotatable bonds is 5. The highest BCUT2D eigenvalue weighted by atomic mass is 127. The summed E-state index contributed by atoms with van der Waals surface area (Å²) in [6, 6.07) is 21.3. The van der Waals surface area contributed by atoms with E-state index >= 15 is 0 Å². The molecule has 3 aromatic carbocycles. The number of benzene rings is 3. The third-order valence-electron chi connectivity index (χ3n) is 3.61. The van der Waals surface area contributed by atoms with E-state index in [0.29, 0.717) is 12.2 Å². The quantitative estimate of drug-likeness (QED) is 0.620. The van der Waals surface area contributed by atoms with E-state index in [1.54, 1.807) is 0 Å². The van der Waals surface area contributed by atoms with Crippen LogP contribution < -0.4 is 4.74 Å². The molecule has 3 nitrogen and oxygen atoms in total. The van der Waals surface area contributed by atoms with Crippen molar-refractivity contribution in [1.29, 1.82) is 0 Å². The first-order chi connectivity index (χ1) is 11.1. The van der Waals surface area contributed by atoms with Crippen LogP contribution in [0.15, 0.2) is 66.7 Å². The number of carboxylic acid groups (broad SMARTS) is 1. The smallest absolute Gasteiger partial charge is 0.345 e. The van der Waals surface area contributed by atoms with E-state index < -0.39 is 12.1 Å². The number of hydrogen-bond acceptors (Lipinski definition) is 2. The lowest BCUT2D eigenvalue weighted by atomic mass is 10.1. The van der Waals surface area contributed by atoms with Crippen LogP contribution in [-0.2, 0) is 11.2 Å². The average Bonchev–Trinajstić information content (AvgIpc) is 2.56. The molecule has 0 bridgehead atoms. The minimum atomic E-state index is -0.961. The van der Waals surface area contributed by atoms with Crippen LogP contribution in [0.4, 0.5) is 0 Å². The third kappa shape index (κ3) is 4.01. The summed E-state index contributed by atoms with van der Waals surface area (Å²) in [4.78, 5) is 11.5. The lowest BCUT2D eigenvalue weighted by Crippen LogP contribution is -2.29. The topological polar surface area (TPSA) is 46.5 Å². The van der Waals surface area contributed by atoms with Crippen LogP contribution in [0.2, 0.25) is 0 Å². The van der Waals surface area contributed by atoms with E-state index in [4.69, 9.17) is 4.74 Å². The van der Waals surface area contributed by atoms with Gasteiger partial charge >= 0.3 is 5.97 Å². The largest absolute Gasteiger partial charge is 0.478 e. The summed E-state index contributed by atoms with van der Waals surface area (Å²) >= 11 is 2.22. The van der Waals surface area contributed by atoms with Crippen molar-refractivity contribution < 1.29 is 14.6 Å². The molecule has 1 unspecified atom stereocenters. The van der Waals surface area contributed by atoms with Crippen LogP contribution in [-0.4, -0.2) is 17.2 Å². The first kappa shape index (κ1) is 15.8. The molecule has 0 heterocycles. The first-order valence-corrected chi connectivity index (χ1v) is 8.32. The normalized spacial score (nSPS) is 12.0. The van der Waals surface area contributed by atoms with Crippen molar-refractivity contribution in [3.8, 4) is 5.75 Å². The van der Waals surface area contributed by atoms with Crippen LogP contribution in [0, 0.1) is 3.57 Å². The fraction of sp³-hybridized carbons (Fsp3) is 0.105. The Bertz CT molecular complexity index is 827. The second-order valence-corrected chi connectivity index (χ2v) is 6.53. The zero-order valence-electron chi connectivity index (χ0n) is 12.3. The van der Waals surface area contributed by atoms with Gasteiger partial charge < -0.3 is 9.84 Å². The molecule has 116 valence electrons. The van der Waals surface area contributed by atoms with Crippen molar-refractivity contribution in [2.24, 2.45) is 0 Å². The molecular formula is C19H15IO3. The predicted molar refractivity (Wildman–Crippen MR) is 98.9 cm³/mol. The van der Waals surface area contributed by atoms with Gasteiger partial charge in [0.15, 0.2) is 6.10 Å². The Balaban J connectivity index is 1.80. The van der Waals surface area contributed by atoms with Gasteiger partial charge in [-0.2, -0.15) is 0 Å². The zero-order valence-corrected chi connectivity index (χ0v) is 14.4. The van der Waals surface area contributed by atoms with Crippen molar-refractivity contribution in [2.75, 3.05) is 0 Å². The molecule has 23 heavy (non-hydrogen) atoms. The second-order valence-electron chi connectivity index (χ2n) is 5.28. The molecule has 0 radical (unpaired) electrons. The van der Waals surface area contributed by atoms with Gasteiger partial charge in [0, 0.05) is 9.99 Å². The Morgan fingerprint density at radius 3 is 2.39 bits per heavy atom. The number of carbonyl (C=O) groups is 1. The molecule has 0 aliphatic rings. The maximum absolute atomic E-state index is 11.5. The lowest BCUT2D eigenvalue weighted by Gasteiger charge is -2.16. The van der Waals surface area contributed by atoms with Gasteiger partial charge in [-0.1, -0.05) is 42.5 Å². The highest BCUT2D eigenvalue weighted by Gasteiger charge is 2.20. The van der Waals surface area contributed by atoms with E-state index in [-0.39, 0.29) is 0 Å². The van der Waals surface area contributed by atoms with Crippen molar-refractivity contribution >= 4 is 39.3 Å². The molecular weight excluding hydrogens is 403 g/mol. The summed E-state index contributed by atoms with van der Waals surface area (Å²) in [7, 11) is 0. The molecule has 1 N–H and O–H groups in total. The van der Waals surface area contributed by atoms with Gasteiger partial charge in [-0.05, 0) is 63.2 Å². The first-order valence-electron chi connectivity index (χ1n) is 7.24. The van der Waals surface area contributed by atoms with Gasteiger partial charge in [0.25, 0.3) is 0 Å². The second kappa shape index (κ2) is 7.00. The summed E-state index contributed by atoms with van der Waals surface area (Å²) in [5, 5.41) is 11.6. The van der Waals surface area contributed by atoms with Crippen LogP contribution in [0.3, 0.4) is 0 Å². The zero-order chi connectivity index (χ0) is 16.2. The Hall–Kier alpha value is -2.08. The fourth-order valence-corrected chi connectivity index (χ4v) is 2.78. The van der Waals surface area contributed by atoms with E-state index in [1.165, 1.54) is 0 Å². The maximum atomic E-state index is 11.5. The van der Waals surface area contributed by atoms with Crippen molar-refractivity contribution in [3.05, 3.63) is 75.9 Å². The number of carboxylic acids is 1. The predicted octanol–water partition coefficient (Wildman–Crippen LogP) is 4.52. The minimum absolute atomic E-state index is 0.332. The SMILES string of the molecule is O=C(O)C(Cc1ccc(I)cc1)Oc1ccc2ccccc2c1. The monoisotopic (exact) mass is 418 g/mol. The van der Waals surface area contributed by atoms with E-state index in [9.17, 15) is 9.90 Å². The van der Waals surface area contributed by atoms with Gasteiger partial charge in [-0.3, -0.25) is 0 Å². The molecule has 0 fully saturated rings. The van der Waals surface area contributed by atoms with E-state index in [0.717, 1.165) is 19.9 Å². The van der Waals surface area contributed by atoms with Gasteiger partial charge in [0.1, 0.15) is 5.75 Å². The Kier molecular flexibility index (Phi) is 4.81. The minimum Gasteiger partial charge on any atom is -0.478 e. The molecule has 0 spiro atoms. The number of aliphatic carboxylic acids is 1. The number of ether oxygens (including phenoxy) is 1. The van der Waals surface area contributed by atoms with Crippen LogP contribution >= 0.6 is 22.6 Å². The molecule has 0 aliphatic heterocycles. The van der Waals surface area contributed by atoms with Gasteiger partial charge in [-0.15, -0.1) is 0 Å². The Labute approximate surface area is 148 Å². The molecule has 0 aromatic heterocycles. The molecule has 0 saturated carbocycles. The number of fused-ring (bicyclic) bond motifs is 1. The lowest BCUT2D eigenvalue weighted by molar-refractivity contribution is -0.145. The molecule has 0 saturated heterocycles. The van der Waals surface area contributed by atoms with Crippen molar-refractivity contribution in [2.45, 2.75) is 12.5 Å². The summed E-state index contributed by atoms with van der Waals surface area (Å²) < 4.78 is 6.84. The molecule has 0 aliphatic carbocycles. The van der Waals surface area contributed by atoms with Gasteiger partial charge in [0.2, 0.25) is 0 Å². The van der Waals surface area contributed by atoms with Crippen molar-refractivity contribution in [3.63, 3.8) is 0 Å². The van der Waals surface area contributed by atoms with E-state index in [2.05, 4.69) is 22.6 Å². The molecule has 4 heteroatoms. The summed E-state index contributed by atoms with van der Waals surface area (Å²) in [5.41, 5.74) is 0.943. The standard InChI is InChI=1S/C19H15IO3/c20-16-8-5-13(6-9-16)11-18(19(21)22)23-17-10-7-14-3-1-2-4-15(14)12-17/h1-10,12,18H,11H2,(H,21,22). The average molecular weight is 418 g/mol. The highest BCUT2D eigenvalue weighted by Crippen LogP contribution is 2.22. The van der Waals surface area contributed by atoms with Gasteiger partial charge in [-0.25, -0.2) is 4.79 Å². The van der Waals surface area contributed by atoms with Crippen molar-refractivity contribution in [1.82, 2.24) is 0 Å². The fourth-order valence-electron chi connectivity index (χ4n) is 2.42.